The topological polar surface area (TPSA) is 107 Å². The summed E-state index contributed by atoms with van der Waals surface area (Å²) in [5, 5.41) is 10.4. The van der Waals surface area contributed by atoms with Crippen molar-refractivity contribution in [2.45, 2.75) is 25.4 Å². The third kappa shape index (κ3) is 2.50. The van der Waals surface area contributed by atoms with Gasteiger partial charge in [0.25, 0.3) is 0 Å². The lowest BCUT2D eigenvalue weighted by Gasteiger charge is -1.98. The largest absolute Gasteiger partial charge is 0.463 e. The van der Waals surface area contributed by atoms with Crippen molar-refractivity contribution in [1.29, 1.82) is 0 Å². The molecular weight excluding hydrogens is 288 g/mol. The van der Waals surface area contributed by atoms with Crippen LogP contribution in [0.1, 0.15) is 41.0 Å². The molecule has 112 valence electrons. The Balaban J connectivity index is 1.39. The first-order valence-corrected chi connectivity index (χ1v) is 6.88. The van der Waals surface area contributed by atoms with Crippen molar-refractivity contribution >= 4 is 5.97 Å². The lowest BCUT2D eigenvalue weighted by molar-refractivity contribution is 0.0452. The maximum Gasteiger partial charge on any atom is 0.356 e. The Labute approximate surface area is 124 Å². The Morgan fingerprint density at radius 3 is 3.14 bits per heavy atom. The third-order valence-electron chi connectivity index (χ3n) is 3.31. The second kappa shape index (κ2) is 5.14. The second-order valence-corrected chi connectivity index (χ2v) is 5.04. The standard InChI is InChI=1S/C14H12N4O4/c19-14(10-6-9(16-17-10)11-2-1-5-20-11)21-7-12-15-13(22-18-12)8-3-4-8/h1-2,5-6,8H,3-4,7H2,(H,16,17). The van der Waals surface area contributed by atoms with Crippen LogP contribution in [-0.4, -0.2) is 26.3 Å². The molecule has 0 atom stereocenters. The number of aromatic amines is 1. The zero-order valence-corrected chi connectivity index (χ0v) is 11.5. The van der Waals surface area contributed by atoms with Crippen LogP contribution in [0.5, 0.6) is 0 Å². The fourth-order valence-corrected chi connectivity index (χ4v) is 2.01. The average molecular weight is 300 g/mol. The van der Waals surface area contributed by atoms with Gasteiger partial charge in [0.1, 0.15) is 11.4 Å². The molecule has 22 heavy (non-hydrogen) atoms. The van der Waals surface area contributed by atoms with E-state index in [1.807, 2.05) is 0 Å². The minimum Gasteiger partial charge on any atom is -0.463 e. The molecule has 4 rings (SSSR count). The van der Waals surface area contributed by atoms with Crippen LogP contribution in [-0.2, 0) is 11.3 Å². The van der Waals surface area contributed by atoms with E-state index < -0.39 is 5.97 Å². The molecule has 1 aliphatic rings. The number of furan rings is 1. The molecule has 3 aromatic heterocycles. The minimum atomic E-state index is -0.539. The Morgan fingerprint density at radius 2 is 2.36 bits per heavy atom. The highest BCUT2D eigenvalue weighted by Crippen LogP contribution is 2.38. The number of esters is 1. The molecule has 1 fully saturated rings. The van der Waals surface area contributed by atoms with Crippen LogP contribution in [0.15, 0.2) is 33.4 Å². The summed E-state index contributed by atoms with van der Waals surface area (Å²) < 4.78 is 15.4. The van der Waals surface area contributed by atoms with E-state index in [9.17, 15) is 4.79 Å². The quantitative estimate of drug-likeness (QED) is 0.720. The molecule has 0 aromatic carbocycles. The first-order valence-electron chi connectivity index (χ1n) is 6.88. The van der Waals surface area contributed by atoms with Gasteiger partial charge in [0.05, 0.1) is 6.26 Å². The summed E-state index contributed by atoms with van der Waals surface area (Å²) in [4.78, 5) is 16.1. The van der Waals surface area contributed by atoms with E-state index in [-0.39, 0.29) is 12.3 Å². The highest BCUT2D eigenvalue weighted by molar-refractivity contribution is 5.88. The third-order valence-corrected chi connectivity index (χ3v) is 3.31. The van der Waals surface area contributed by atoms with Crippen LogP contribution in [0.2, 0.25) is 0 Å². The number of ether oxygens (including phenoxy) is 1. The highest BCUT2D eigenvalue weighted by atomic mass is 16.5. The number of carbonyl (C=O) groups excluding carboxylic acids is 1. The van der Waals surface area contributed by atoms with Crippen LogP contribution >= 0.6 is 0 Å². The summed E-state index contributed by atoms with van der Waals surface area (Å²) in [6.45, 7) is -0.0375. The number of hydrogen-bond acceptors (Lipinski definition) is 7. The monoisotopic (exact) mass is 300 g/mol. The van der Waals surface area contributed by atoms with Gasteiger partial charge in [-0.05, 0) is 25.0 Å². The van der Waals surface area contributed by atoms with Crippen molar-refractivity contribution in [2.75, 3.05) is 0 Å². The highest BCUT2D eigenvalue weighted by Gasteiger charge is 2.29. The zero-order valence-electron chi connectivity index (χ0n) is 11.5. The molecule has 0 spiro atoms. The van der Waals surface area contributed by atoms with E-state index in [1.165, 1.54) is 6.26 Å². The molecule has 3 aromatic rings. The molecule has 1 saturated carbocycles. The summed E-state index contributed by atoms with van der Waals surface area (Å²) in [6.07, 6.45) is 3.69. The minimum absolute atomic E-state index is 0.0375. The number of nitrogens with zero attached hydrogens (tertiary/aromatic N) is 3. The molecule has 8 nitrogen and oxygen atoms in total. The van der Waals surface area contributed by atoms with E-state index >= 15 is 0 Å². The van der Waals surface area contributed by atoms with Crippen LogP contribution in [0.3, 0.4) is 0 Å². The van der Waals surface area contributed by atoms with Crippen LogP contribution in [0.25, 0.3) is 11.5 Å². The van der Waals surface area contributed by atoms with Crippen molar-refractivity contribution in [2.24, 2.45) is 0 Å². The zero-order chi connectivity index (χ0) is 14.9. The molecule has 0 amide bonds. The summed E-state index contributed by atoms with van der Waals surface area (Å²) in [5.41, 5.74) is 0.768. The molecule has 1 N–H and O–H groups in total. The van der Waals surface area contributed by atoms with Crippen LogP contribution in [0, 0.1) is 0 Å². The van der Waals surface area contributed by atoms with E-state index in [0.29, 0.717) is 29.1 Å². The van der Waals surface area contributed by atoms with Gasteiger partial charge in [0.15, 0.2) is 12.4 Å². The summed E-state index contributed by atoms with van der Waals surface area (Å²) >= 11 is 0. The molecule has 8 heteroatoms. The summed E-state index contributed by atoms with van der Waals surface area (Å²) in [7, 11) is 0. The van der Waals surface area contributed by atoms with Gasteiger partial charge >= 0.3 is 5.97 Å². The maximum atomic E-state index is 11.9. The van der Waals surface area contributed by atoms with Gasteiger partial charge in [-0.2, -0.15) is 10.1 Å². The van der Waals surface area contributed by atoms with Gasteiger partial charge in [0.2, 0.25) is 11.7 Å². The molecule has 0 aliphatic heterocycles. The Morgan fingerprint density at radius 1 is 1.45 bits per heavy atom. The predicted molar refractivity (Wildman–Crippen MR) is 71.7 cm³/mol. The number of H-pyrrole nitrogens is 1. The van der Waals surface area contributed by atoms with Gasteiger partial charge in [0, 0.05) is 12.0 Å². The summed E-state index contributed by atoms with van der Waals surface area (Å²) in [6, 6.07) is 5.06. The average Bonchev–Trinajstić information content (AvgIpc) is 3.02. The maximum absolute atomic E-state index is 11.9. The number of hydrogen-bond donors (Lipinski definition) is 1. The predicted octanol–water partition coefficient (Wildman–Crippen LogP) is 2.29. The number of carbonyl (C=O) groups is 1. The van der Waals surface area contributed by atoms with Gasteiger partial charge in [-0.1, -0.05) is 5.16 Å². The lowest BCUT2D eigenvalue weighted by atomic mass is 10.3. The van der Waals surface area contributed by atoms with Gasteiger partial charge in [-0.3, -0.25) is 5.10 Å². The Hall–Kier alpha value is -2.90. The second-order valence-electron chi connectivity index (χ2n) is 5.04. The van der Waals surface area contributed by atoms with Crippen LogP contribution in [0.4, 0.5) is 0 Å². The molecule has 0 bridgehead atoms. The van der Waals surface area contributed by atoms with Gasteiger partial charge in [-0.25, -0.2) is 4.79 Å². The van der Waals surface area contributed by atoms with Crippen molar-refractivity contribution in [3.05, 3.63) is 41.9 Å². The van der Waals surface area contributed by atoms with Gasteiger partial charge in [-0.15, -0.1) is 0 Å². The van der Waals surface area contributed by atoms with E-state index in [0.717, 1.165) is 12.8 Å². The molecule has 0 unspecified atom stereocenters. The molecule has 0 saturated heterocycles. The fourth-order valence-electron chi connectivity index (χ4n) is 2.01. The fraction of sp³-hybridized carbons (Fsp3) is 0.286. The number of rotatable bonds is 5. The number of aromatic nitrogens is 4. The van der Waals surface area contributed by atoms with Crippen LogP contribution < -0.4 is 0 Å². The van der Waals surface area contributed by atoms with Crippen molar-refractivity contribution in [3.63, 3.8) is 0 Å². The normalized spacial score (nSPS) is 14.2. The van der Waals surface area contributed by atoms with Crippen molar-refractivity contribution < 1.29 is 18.5 Å². The smallest absolute Gasteiger partial charge is 0.356 e. The Bertz CT molecular complexity index is 785. The Kier molecular flexibility index (Phi) is 2.99. The summed E-state index contributed by atoms with van der Waals surface area (Å²) in [5.74, 6) is 1.39. The molecular formula is C14H12N4O4. The van der Waals surface area contributed by atoms with E-state index in [4.69, 9.17) is 13.7 Å². The first-order chi connectivity index (χ1) is 10.8. The molecule has 0 radical (unpaired) electrons. The molecule has 3 heterocycles. The van der Waals surface area contributed by atoms with Crippen molar-refractivity contribution in [1.82, 2.24) is 20.3 Å². The van der Waals surface area contributed by atoms with E-state index in [2.05, 4.69) is 20.3 Å². The van der Waals surface area contributed by atoms with Crippen molar-refractivity contribution in [3.8, 4) is 11.5 Å². The lowest BCUT2D eigenvalue weighted by Crippen LogP contribution is -2.06. The van der Waals surface area contributed by atoms with E-state index in [1.54, 1.807) is 18.2 Å². The SMILES string of the molecule is O=C(OCc1noc(C2CC2)n1)c1cc(-c2ccco2)n[nH]1. The first kappa shape index (κ1) is 12.8. The van der Waals surface area contributed by atoms with Gasteiger partial charge < -0.3 is 13.7 Å². The molecule has 1 aliphatic carbocycles. The number of nitrogens with one attached hydrogen (secondary N) is 1.